The van der Waals surface area contributed by atoms with E-state index >= 15 is 0 Å². The van der Waals surface area contributed by atoms with Crippen molar-refractivity contribution in [2.45, 2.75) is 51.7 Å². The van der Waals surface area contributed by atoms with Crippen molar-refractivity contribution in [1.82, 2.24) is 0 Å². The van der Waals surface area contributed by atoms with Gasteiger partial charge in [0.25, 0.3) is 0 Å². The monoisotopic (exact) mass is 528 g/mol. The molecule has 2 saturated carbocycles. The van der Waals surface area contributed by atoms with E-state index in [2.05, 4.69) is 0 Å². The van der Waals surface area contributed by atoms with E-state index in [0.717, 1.165) is 0 Å². The van der Waals surface area contributed by atoms with E-state index in [0.29, 0.717) is 29.8 Å². The van der Waals surface area contributed by atoms with Crippen molar-refractivity contribution in [3.63, 3.8) is 0 Å². The smallest absolute Gasteiger partial charge is 0.338 e. The van der Waals surface area contributed by atoms with Gasteiger partial charge in [0.05, 0.1) is 37.0 Å². The van der Waals surface area contributed by atoms with Crippen LogP contribution in [0.3, 0.4) is 0 Å². The second-order valence-corrected chi connectivity index (χ2v) is 11.3. The second-order valence-electron chi connectivity index (χ2n) is 10.8. The first-order chi connectivity index (χ1) is 17.6. The summed E-state index contributed by atoms with van der Waals surface area (Å²) in [6.07, 6.45) is 2.63. The molecule has 37 heavy (non-hydrogen) atoms. The lowest BCUT2D eigenvalue weighted by molar-refractivity contribution is -0.208. The van der Waals surface area contributed by atoms with Gasteiger partial charge < -0.3 is 18.6 Å². The highest BCUT2D eigenvalue weighted by atomic mass is 35.5. The van der Waals surface area contributed by atoms with Gasteiger partial charge >= 0.3 is 17.9 Å². The van der Waals surface area contributed by atoms with Crippen LogP contribution in [0.5, 0.6) is 0 Å². The number of Topliss-reactive ketones (excluding diaryl/α,β-unsaturated/α-hetero) is 1. The molecule has 3 aliphatic rings. The van der Waals surface area contributed by atoms with Crippen LogP contribution in [0.1, 0.15) is 61.6 Å². The molecule has 2 heterocycles. The topological polar surface area (TPSA) is 109 Å². The van der Waals surface area contributed by atoms with E-state index < -0.39 is 52.7 Å². The molecule has 1 aromatic heterocycles. The van der Waals surface area contributed by atoms with E-state index in [1.165, 1.54) is 31.8 Å². The lowest BCUT2D eigenvalue weighted by Crippen LogP contribution is -2.64. The normalized spacial score (nSPS) is 35.1. The largest absolute Gasteiger partial charge is 0.472 e. The predicted octanol–water partition coefficient (Wildman–Crippen LogP) is 4.95. The molecule has 3 fully saturated rings. The van der Waals surface area contributed by atoms with Crippen LogP contribution in [0.2, 0.25) is 5.02 Å². The summed E-state index contributed by atoms with van der Waals surface area (Å²) in [6.45, 7) is 3.84. The number of ether oxygens (including phenoxy) is 3. The molecule has 0 amide bonds. The van der Waals surface area contributed by atoms with Crippen LogP contribution in [-0.4, -0.2) is 36.9 Å². The predicted molar refractivity (Wildman–Crippen MR) is 130 cm³/mol. The second kappa shape index (κ2) is 9.31. The van der Waals surface area contributed by atoms with Gasteiger partial charge in [0, 0.05) is 22.9 Å². The fourth-order valence-corrected chi connectivity index (χ4v) is 7.17. The SMILES string of the molecule is COC(=O)[C@@H]1C[C@H](OC(=O)c2ccc(Cl)cc2)C(=O)[C@H]2[C@@]1(C)CC[C@H]1C(=O)O[C@H](c3ccoc3)C[C@]21C. The first-order valence-electron chi connectivity index (χ1n) is 12.4. The number of esters is 3. The van der Waals surface area contributed by atoms with Crippen LogP contribution < -0.4 is 0 Å². The molecule has 0 N–H and O–H groups in total. The van der Waals surface area contributed by atoms with Gasteiger partial charge in [-0.2, -0.15) is 0 Å². The summed E-state index contributed by atoms with van der Waals surface area (Å²) in [5.41, 5.74) is -0.663. The molecule has 1 saturated heterocycles. The van der Waals surface area contributed by atoms with Gasteiger partial charge in [-0.05, 0) is 60.4 Å². The molecule has 8 nitrogen and oxygen atoms in total. The molecule has 7 atom stereocenters. The van der Waals surface area contributed by atoms with Gasteiger partial charge in [-0.25, -0.2) is 4.79 Å². The number of fused-ring (bicyclic) bond motifs is 3. The van der Waals surface area contributed by atoms with Crippen LogP contribution in [0.15, 0.2) is 47.3 Å². The third kappa shape index (κ3) is 4.15. The number of methoxy groups -OCH3 is 1. The highest BCUT2D eigenvalue weighted by molar-refractivity contribution is 6.30. The number of cyclic esters (lactones) is 1. The molecular weight excluding hydrogens is 500 g/mol. The number of rotatable bonds is 4. The molecule has 196 valence electrons. The molecular formula is C28H29ClO8. The Bertz CT molecular complexity index is 1220. The van der Waals surface area contributed by atoms with Gasteiger partial charge in [-0.3, -0.25) is 14.4 Å². The van der Waals surface area contributed by atoms with Crippen LogP contribution in [0.25, 0.3) is 0 Å². The minimum Gasteiger partial charge on any atom is -0.472 e. The molecule has 0 spiro atoms. The number of benzene rings is 1. The lowest BCUT2D eigenvalue weighted by atomic mass is 9.43. The maximum Gasteiger partial charge on any atom is 0.338 e. The highest BCUT2D eigenvalue weighted by Crippen LogP contribution is 2.65. The molecule has 2 aliphatic carbocycles. The van der Waals surface area contributed by atoms with Gasteiger partial charge in [-0.15, -0.1) is 0 Å². The number of hydrogen-bond acceptors (Lipinski definition) is 8. The van der Waals surface area contributed by atoms with Crippen molar-refractivity contribution in [3.8, 4) is 0 Å². The third-order valence-corrected chi connectivity index (χ3v) is 9.08. The average Bonchev–Trinajstić information content (AvgIpc) is 3.40. The quantitative estimate of drug-likeness (QED) is 0.405. The maximum atomic E-state index is 14.2. The van der Waals surface area contributed by atoms with Crippen molar-refractivity contribution < 1.29 is 37.8 Å². The van der Waals surface area contributed by atoms with E-state index in [4.69, 9.17) is 30.2 Å². The van der Waals surface area contributed by atoms with Crippen molar-refractivity contribution in [3.05, 3.63) is 59.0 Å². The standard InChI is InChI=1S/C28H29ClO8/c1-27-10-8-18-26(33)37-21(16-9-11-35-14-16)13-28(18,2)23(27)22(30)20(12-19(27)25(32)34-3)36-24(31)15-4-6-17(29)7-5-15/h4-7,9,11,14,18-21,23H,8,10,12-13H2,1-3H3/t18-,19-,20-,21-,23-,27-,28-/m0/s1. The van der Waals surface area contributed by atoms with Gasteiger partial charge in [0.15, 0.2) is 11.9 Å². The number of hydrogen-bond donors (Lipinski definition) is 0. The Morgan fingerprint density at radius 1 is 1.08 bits per heavy atom. The van der Waals surface area contributed by atoms with E-state index in [1.807, 2.05) is 13.8 Å². The van der Waals surface area contributed by atoms with E-state index in [9.17, 15) is 19.2 Å². The van der Waals surface area contributed by atoms with Crippen molar-refractivity contribution in [2.75, 3.05) is 7.11 Å². The Balaban J connectivity index is 1.53. The molecule has 1 aromatic carbocycles. The number of halogens is 1. The molecule has 1 aliphatic heterocycles. The summed E-state index contributed by atoms with van der Waals surface area (Å²) in [4.78, 5) is 53.4. The molecule has 9 heteroatoms. The summed E-state index contributed by atoms with van der Waals surface area (Å²) in [5, 5.41) is 0.462. The van der Waals surface area contributed by atoms with Gasteiger partial charge in [-0.1, -0.05) is 25.4 Å². The zero-order valence-electron chi connectivity index (χ0n) is 20.9. The van der Waals surface area contributed by atoms with E-state index in [-0.39, 0.29) is 23.7 Å². The van der Waals surface area contributed by atoms with Crippen molar-refractivity contribution >= 4 is 35.3 Å². The zero-order valence-corrected chi connectivity index (χ0v) is 21.7. The molecule has 0 radical (unpaired) electrons. The molecule has 0 unspecified atom stereocenters. The summed E-state index contributed by atoms with van der Waals surface area (Å²) in [7, 11) is 1.31. The Kier molecular flexibility index (Phi) is 6.42. The van der Waals surface area contributed by atoms with Crippen molar-refractivity contribution in [1.29, 1.82) is 0 Å². The molecule has 0 bridgehead atoms. The maximum absolute atomic E-state index is 14.2. The minimum atomic E-state index is -1.16. The Morgan fingerprint density at radius 2 is 1.81 bits per heavy atom. The van der Waals surface area contributed by atoms with Crippen LogP contribution in [0, 0.1) is 28.6 Å². The van der Waals surface area contributed by atoms with Crippen molar-refractivity contribution in [2.24, 2.45) is 28.6 Å². The van der Waals surface area contributed by atoms with Gasteiger partial charge in [0.2, 0.25) is 0 Å². The number of ketones is 1. The summed E-state index contributed by atoms with van der Waals surface area (Å²) >= 11 is 5.93. The Hall–Kier alpha value is -3.13. The number of furan rings is 1. The summed E-state index contributed by atoms with van der Waals surface area (Å²) in [5.74, 6) is -3.74. The Morgan fingerprint density at radius 3 is 2.46 bits per heavy atom. The molecule has 5 rings (SSSR count). The zero-order chi connectivity index (χ0) is 26.5. The summed E-state index contributed by atoms with van der Waals surface area (Å²) < 4.78 is 21.9. The van der Waals surface area contributed by atoms with Crippen LogP contribution in [-0.2, 0) is 28.6 Å². The average molecular weight is 529 g/mol. The number of carbonyl (C=O) groups excluding carboxylic acids is 4. The molecule has 2 aromatic rings. The first kappa shape index (κ1) is 25.5. The lowest BCUT2D eigenvalue weighted by Gasteiger charge is -2.61. The van der Waals surface area contributed by atoms with Crippen LogP contribution in [0.4, 0.5) is 0 Å². The summed E-state index contributed by atoms with van der Waals surface area (Å²) in [6, 6.07) is 7.90. The van der Waals surface area contributed by atoms with E-state index in [1.54, 1.807) is 18.2 Å². The Labute approximate surface area is 219 Å². The minimum absolute atomic E-state index is 0.0220. The first-order valence-corrected chi connectivity index (χ1v) is 12.8. The fourth-order valence-electron chi connectivity index (χ4n) is 7.05. The third-order valence-electron chi connectivity index (χ3n) is 8.83. The van der Waals surface area contributed by atoms with Crippen LogP contribution >= 0.6 is 11.6 Å². The fraction of sp³-hybridized carbons (Fsp3) is 0.500. The number of carbonyl (C=O) groups is 4. The highest BCUT2D eigenvalue weighted by Gasteiger charge is 2.67. The van der Waals surface area contributed by atoms with Gasteiger partial charge in [0.1, 0.15) is 6.10 Å².